The highest BCUT2D eigenvalue weighted by Gasteiger charge is 2.11. The van der Waals surface area contributed by atoms with Crippen LogP contribution >= 0.6 is 0 Å². The summed E-state index contributed by atoms with van der Waals surface area (Å²) >= 11 is 0. The number of hydrogen-bond acceptors (Lipinski definition) is 4. The first-order chi connectivity index (χ1) is 10.8. The first-order valence-corrected chi connectivity index (χ1v) is 7.07. The van der Waals surface area contributed by atoms with Crippen molar-refractivity contribution in [3.8, 4) is 0 Å². The molecule has 22 heavy (non-hydrogen) atoms. The second-order valence-corrected chi connectivity index (χ2v) is 5.00. The lowest BCUT2D eigenvalue weighted by Crippen LogP contribution is -2.26. The largest absolute Gasteiger partial charge is 0.395 e. The van der Waals surface area contributed by atoms with Crippen molar-refractivity contribution in [3.05, 3.63) is 66.4 Å². The van der Waals surface area contributed by atoms with Gasteiger partial charge in [0, 0.05) is 48.8 Å². The van der Waals surface area contributed by atoms with E-state index < -0.39 is 0 Å². The molecule has 0 spiro atoms. The minimum Gasteiger partial charge on any atom is -0.395 e. The number of anilines is 1. The summed E-state index contributed by atoms with van der Waals surface area (Å²) < 4.78 is 13.4. The van der Waals surface area contributed by atoms with Crippen LogP contribution in [0.4, 0.5) is 10.1 Å². The van der Waals surface area contributed by atoms with Gasteiger partial charge >= 0.3 is 0 Å². The highest BCUT2D eigenvalue weighted by molar-refractivity contribution is 5.91. The zero-order chi connectivity index (χ0) is 15.4. The van der Waals surface area contributed by atoms with Crippen molar-refractivity contribution in [1.29, 1.82) is 0 Å². The first kappa shape index (κ1) is 14.4. The van der Waals surface area contributed by atoms with Gasteiger partial charge in [-0.1, -0.05) is 6.07 Å². The van der Waals surface area contributed by atoms with Gasteiger partial charge in [0.15, 0.2) is 0 Å². The Hall–Kier alpha value is -2.53. The molecule has 2 heterocycles. The normalized spacial score (nSPS) is 10.8. The molecule has 0 aliphatic rings. The summed E-state index contributed by atoms with van der Waals surface area (Å²) in [7, 11) is 0. The van der Waals surface area contributed by atoms with Gasteiger partial charge < -0.3 is 10.0 Å². The molecule has 0 saturated heterocycles. The van der Waals surface area contributed by atoms with E-state index in [1.807, 2.05) is 23.1 Å². The predicted octanol–water partition coefficient (Wildman–Crippen LogP) is 2.77. The maximum absolute atomic E-state index is 13.4. The maximum Gasteiger partial charge on any atom is 0.125 e. The van der Waals surface area contributed by atoms with Crippen LogP contribution < -0.4 is 4.90 Å². The van der Waals surface area contributed by atoms with Crippen LogP contribution in [0.25, 0.3) is 10.9 Å². The molecule has 0 aliphatic carbocycles. The zero-order valence-electron chi connectivity index (χ0n) is 12.0. The summed E-state index contributed by atoms with van der Waals surface area (Å²) in [6, 6.07) is 10.3. The first-order valence-electron chi connectivity index (χ1n) is 7.07. The van der Waals surface area contributed by atoms with Crippen LogP contribution in [-0.2, 0) is 6.54 Å². The molecule has 0 aliphatic heterocycles. The van der Waals surface area contributed by atoms with Crippen molar-refractivity contribution in [2.45, 2.75) is 6.54 Å². The van der Waals surface area contributed by atoms with Gasteiger partial charge in [-0.05, 0) is 29.8 Å². The van der Waals surface area contributed by atoms with Gasteiger partial charge in [-0.3, -0.25) is 9.97 Å². The number of pyridine rings is 2. The van der Waals surface area contributed by atoms with Crippen molar-refractivity contribution in [2.75, 3.05) is 18.1 Å². The third-order valence-electron chi connectivity index (χ3n) is 3.49. The quantitative estimate of drug-likeness (QED) is 0.786. The molecule has 4 nitrogen and oxygen atoms in total. The van der Waals surface area contributed by atoms with E-state index in [4.69, 9.17) is 0 Å². The van der Waals surface area contributed by atoms with E-state index in [0.29, 0.717) is 18.6 Å². The Morgan fingerprint density at radius 2 is 2.05 bits per heavy atom. The summed E-state index contributed by atoms with van der Waals surface area (Å²) in [5.41, 5.74) is 2.57. The van der Waals surface area contributed by atoms with Crippen LogP contribution in [0.1, 0.15) is 5.56 Å². The van der Waals surface area contributed by atoms with Crippen molar-refractivity contribution in [2.24, 2.45) is 0 Å². The molecule has 0 unspecified atom stereocenters. The van der Waals surface area contributed by atoms with E-state index in [2.05, 4.69) is 9.97 Å². The van der Waals surface area contributed by atoms with Crippen molar-refractivity contribution < 1.29 is 9.50 Å². The van der Waals surface area contributed by atoms with Gasteiger partial charge in [0.25, 0.3) is 0 Å². The molecule has 1 N–H and O–H groups in total. The molecule has 0 amide bonds. The monoisotopic (exact) mass is 297 g/mol. The summed E-state index contributed by atoms with van der Waals surface area (Å²) in [6.45, 7) is 1.13. The smallest absolute Gasteiger partial charge is 0.125 e. The van der Waals surface area contributed by atoms with Gasteiger partial charge in [-0.2, -0.15) is 0 Å². The summed E-state index contributed by atoms with van der Waals surface area (Å²) in [5.74, 6) is -0.307. The molecule has 3 aromatic rings. The molecule has 112 valence electrons. The number of aliphatic hydroxyl groups is 1. The van der Waals surface area contributed by atoms with Gasteiger partial charge in [0.05, 0.1) is 12.1 Å². The second-order valence-electron chi connectivity index (χ2n) is 5.00. The lowest BCUT2D eigenvalue weighted by atomic mass is 10.1. The lowest BCUT2D eigenvalue weighted by molar-refractivity contribution is 0.301. The number of aromatic nitrogens is 2. The number of hydrogen-bond donors (Lipinski definition) is 1. The standard InChI is InChI=1S/C17H16FN3O/c18-14-3-4-15-16(10-14)20-7-5-17(15)21(8-9-22)12-13-2-1-6-19-11-13/h1-7,10-11,22H,8-9,12H2. The highest BCUT2D eigenvalue weighted by atomic mass is 19.1. The Morgan fingerprint density at radius 1 is 1.14 bits per heavy atom. The Balaban J connectivity index is 2.01. The fourth-order valence-corrected chi connectivity index (χ4v) is 2.50. The van der Waals surface area contributed by atoms with Crippen LogP contribution in [0.3, 0.4) is 0 Å². The third-order valence-corrected chi connectivity index (χ3v) is 3.49. The number of halogens is 1. The summed E-state index contributed by atoms with van der Waals surface area (Å²) in [6.07, 6.45) is 5.18. The Kier molecular flexibility index (Phi) is 4.25. The van der Waals surface area contributed by atoms with Gasteiger partial charge in [0.2, 0.25) is 0 Å². The number of rotatable bonds is 5. The van der Waals surface area contributed by atoms with Crippen molar-refractivity contribution >= 4 is 16.6 Å². The average Bonchev–Trinajstić information content (AvgIpc) is 2.54. The molecule has 2 aromatic heterocycles. The number of benzene rings is 1. The Morgan fingerprint density at radius 3 is 2.82 bits per heavy atom. The van der Waals surface area contributed by atoms with Crippen LogP contribution in [0.5, 0.6) is 0 Å². The summed E-state index contributed by atoms with van der Waals surface area (Å²) in [5, 5.41) is 10.2. The average molecular weight is 297 g/mol. The van der Waals surface area contributed by atoms with Gasteiger partial charge in [-0.25, -0.2) is 4.39 Å². The van der Waals surface area contributed by atoms with E-state index in [1.165, 1.54) is 12.1 Å². The second kappa shape index (κ2) is 6.49. The van der Waals surface area contributed by atoms with E-state index >= 15 is 0 Å². The van der Waals surface area contributed by atoms with E-state index in [0.717, 1.165) is 16.6 Å². The fraction of sp³-hybridized carbons (Fsp3) is 0.176. The van der Waals surface area contributed by atoms with Crippen LogP contribution in [0.2, 0.25) is 0 Å². The van der Waals surface area contributed by atoms with Crippen molar-refractivity contribution in [1.82, 2.24) is 9.97 Å². The van der Waals surface area contributed by atoms with E-state index in [-0.39, 0.29) is 12.4 Å². The molecule has 1 aromatic carbocycles. The molecular formula is C17H16FN3O. The number of aliphatic hydroxyl groups excluding tert-OH is 1. The topological polar surface area (TPSA) is 49.2 Å². The van der Waals surface area contributed by atoms with Gasteiger partial charge in [-0.15, -0.1) is 0 Å². The summed E-state index contributed by atoms with van der Waals surface area (Å²) in [4.78, 5) is 10.4. The third kappa shape index (κ3) is 3.04. The minimum absolute atomic E-state index is 0.0330. The molecule has 5 heteroatoms. The minimum atomic E-state index is -0.307. The number of nitrogens with zero attached hydrogens (tertiary/aromatic N) is 3. The van der Waals surface area contributed by atoms with E-state index in [1.54, 1.807) is 24.7 Å². The van der Waals surface area contributed by atoms with Crippen LogP contribution in [0.15, 0.2) is 55.0 Å². The Labute approximate surface area is 127 Å². The Bertz CT molecular complexity index is 764. The van der Waals surface area contributed by atoms with Crippen molar-refractivity contribution in [3.63, 3.8) is 0 Å². The maximum atomic E-state index is 13.4. The SMILES string of the molecule is OCCN(Cc1cccnc1)c1ccnc2cc(F)ccc12. The molecule has 0 radical (unpaired) electrons. The molecule has 0 bridgehead atoms. The highest BCUT2D eigenvalue weighted by Crippen LogP contribution is 2.27. The van der Waals surface area contributed by atoms with E-state index in [9.17, 15) is 9.50 Å². The molecule has 3 rings (SSSR count). The van der Waals surface area contributed by atoms with Crippen LogP contribution in [0, 0.1) is 5.82 Å². The lowest BCUT2D eigenvalue weighted by Gasteiger charge is -2.25. The molecule has 0 fully saturated rings. The predicted molar refractivity (Wildman–Crippen MR) is 84.1 cm³/mol. The molecule has 0 atom stereocenters. The zero-order valence-corrected chi connectivity index (χ0v) is 12.0. The van der Waals surface area contributed by atoms with Gasteiger partial charge in [0.1, 0.15) is 5.82 Å². The molecular weight excluding hydrogens is 281 g/mol. The molecule has 0 saturated carbocycles. The fourth-order valence-electron chi connectivity index (χ4n) is 2.50. The van der Waals surface area contributed by atoms with Crippen LogP contribution in [-0.4, -0.2) is 28.2 Å². The number of fused-ring (bicyclic) bond motifs is 1.